The van der Waals surface area contributed by atoms with Gasteiger partial charge in [0.25, 0.3) is 5.92 Å². The third kappa shape index (κ3) is 4.71. The van der Waals surface area contributed by atoms with Gasteiger partial charge in [0.1, 0.15) is 6.04 Å². The number of rotatable bonds is 6. The molecule has 0 unspecified atom stereocenters. The van der Waals surface area contributed by atoms with Crippen molar-refractivity contribution in [1.82, 2.24) is 14.8 Å². The molecule has 4 rings (SSSR count). The fraction of sp³-hybridized carbons (Fsp3) is 0.273. The van der Waals surface area contributed by atoms with Gasteiger partial charge in [-0.25, -0.2) is 17.2 Å². The van der Waals surface area contributed by atoms with Crippen LogP contribution in [-0.2, 0) is 21.4 Å². The van der Waals surface area contributed by atoms with Crippen molar-refractivity contribution in [3.05, 3.63) is 72.4 Å². The normalized spacial score (nSPS) is 18.8. The number of benzene rings is 2. The Balaban J connectivity index is 1.71. The van der Waals surface area contributed by atoms with Gasteiger partial charge in [-0.3, -0.25) is 4.79 Å². The molecule has 0 bridgehead atoms. The molecule has 1 atom stereocenters. The molecule has 1 aliphatic rings. The SMILES string of the molecule is O=C1NCCC(F)(F)C[C@H]1N(Cc1ccc(-c2ccno2)cc1)S(=O)(=O)c1ccccc1. The predicted molar refractivity (Wildman–Crippen MR) is 112 cm³/mol. The molecule has 1 aromatic heterocycles. The topological polar surface area (TPSA) is 92.5 Å². The molecule has 2 heterocycles. The van der Waals surface area contributed by atoms with Crippen molar-refractivity contribution >= 4 is 15.9 Å². The second-order valence-corrected chi connectivity index (χ2v) is 9.44. The minimum atomic E-state index is -4.24. The van der Waals surface area contributed by atoms with E-state index in [0.717, 1.165) is 9.87 Å². The quantitative estimate of drug-likeness (QED) is 0.607. The van der Waals surface area contributed by atoms with Crippen molar-refractivity contribution in [1.29, 1.82) is 0 Å². The maximum Gasteiger partial charge on any atom is 0.251 e. The summed E-state index contributed by atoms with van der Waals surface area (Å²) >= 11 is 0. The summed E-state index contributed by atoms with van der Waals surface area (Å²) in [5.41, 5.74) is 1.26. The van der Waals surface area contributed by atoms with E-state index in [-0.39, 0.29) is 18.0 Å². The zero-order chi connectivity index (χ0) is 22.8. The van der Waals surface area contributed by atoms with Gasteiger partial charge in [0.15, 0.2) is 5.76 Å². The summed E-state index contributed by atoms with van der Waals surface area (Å²) in [5.74, 6) is -3.38. The lowest BCUT2D eigenvalue weighted by Gasteiger charge is -2.30. The molecule has 1 N–H and O–H groups in total. The van der Waals surface area contributed by atoms with E-state index >= 15 is 0 Å². The van der Waals surface area contributed by atoms with E-state index in [1.165, 1.54) is 18.3 Å². The van der Waals surface area contributed by atoms with Crippen LogP contribution in [0.3, 0.4) is 0 Å². The van der Waals surface area contributed by atoms with Crippen LogP contribution in [0.1, 0.15) is 18.4 Å². The average Bonchev–Trinajstić information content (AvgIpc) is 3.27. The number of sulfonamides is 1. The van der Waals surface area contributed by atoms with Crippen LogP contribution in [-0.4, -0.2) is 42.3 Å². The molecular formula is C22H21F2N3O4S. The fourth-order valence-electron chi connectivity index (χ4n) is 3.61. The summed E-state index contributed by atoms with van der Waals surface area (Å²) in [5, 5.41) is 6.07. The first-order valence-electron chi connectivity index (χ1n) is 9.99. The molecule has 0 radical (unpaired) electrons. The highest BCUT2D eigenvalue weighted by Crippen LogP contribution is 2.32. The minimum absolute atomic E-state index is 0.0707. The third-order valence-electron chi connectivity index (χ3n) is 5.30. The maximum absolute atomic E-state index is 14.4. The van der Waals surface area contributed by atoms with Crippen molar-refractivity contribution in [2.24, 2.45) is 0 Å². The van der Waals surface area contributed by atoms with Crippen LogP contribution in [0.2, 0.25) is 0 Å². The van der Waals surface area contributed by atoms with Crippen LogP contribution in [0, 0.1) is 0 Å². The van der Waals surface area contributed by atoms with Crippen molar-refractivity contribution in [2.75, 3.05) is 6.54 Å². The Morgan fingerprint density at radius 2 is 1.81 bits per heavy atom. The van der Waals surface area contributed by atoms with E-state index in [1.807, 2.05) is 0 Å². The second kappa shape index (κ2) is 8.79. The smallest absolute Gasteiger partial charge is 0.251 e. The highest BCUT2D eigenvalue weighted by Gasteiger charge is 2.44. The molecule has 1 saturated heterocycles. The Hall–Kier alpha value is -3.11. The Morgan fingerprint density at radius 1 is 1.09 bits per heavy atom. The molecular weight excluding hydrogens is 440 g/mol. The van der Waals surface area contributed by atoms with Crippen molar-refractivity contribution in [2.45, 2.75) is 36.2 Å². The lowest BCUT2D eigenvalue weighted by molar-refractivity contribution is -0.126. The number of hydrogen-bond acceptors (Lipinski definition) is 5. The number of aromatic nitrogens is 1. The van der Waals surface area contributed by atoms with E-state index in [4.69, 9.17) is 4.52 Å². The van der Waals surface area contributed by atoms with E-state index in [1.54, 1.807) is 48.5 Å². The summed E-state index contributed by atoms with van der Waals surface area (Å²) < 4.78 is 61.6. The molecule has 1 aliphatic heterocycles. The first-order chi connectivity index (χ1) is 15.3. The summed E-state index contributed by atoms with van der Waals surface area (Å²) in [6.07, 6.45) is 0.0731. The van der Waals surface area contributed by atoms with Crippen LogP contribution in [0.4, 0.5) is 8.78 Å². The molecule has 3 aromatic rings. The summed E-state index contributed by atoms with van der Waals surface area (Å²) in [7, 11) is -4.24. The van der Waals surface area contributed by atoms with E-state index in [2.05, 4.69) is 10.5 Å². The van der Waals surface area contributed by atoms with Crippen LogP contribution in [0.25, 0.3) is 11.3 Å². The summed E-state index contributed by atoms with van der Waals surface area (Å²) in [4.78, 5) is 12.6. The number of halogens is 2. The first-order valence-corrected chi connectivity index (χ1v) is 11.4. The Morgan fingerprint density at radius 3 is 2.47 bits per heavy atom. The zero-order valence-corrected chi connectivity index (χ0v) is 17.8. The van der Waals surface area contributed by atoms with E-state index < -0.39 is 40.7 Å². The minimum Gasteiger partial charge on any atom is -0.356 e. The molecule has 7 nitrogen and oxygen atoms in total. The molecule has 0 aliphatic carbocycles. The number of alkyl halides is 2. The summed E-state index contributed by atoms with van der Waals surface area (Å²) in [6.45, 7) is -0.463. The average molecular weight is 461 g/mol. The molecule has 0 spiro atoms. The maximum atomic E-state index is 14.4. The van der Waals surface area contributed by atoms with Crippen LogP contribution < -0.4 is 5.32 Å². The number of nitrogens with zero attached hydrogens (tertiary/aromatic N) is 2. The zero-order valence-electron chi connectivity index (χ0n) is 16.9. The number of amides is 1. The molecule has 2 aromatic carbocycles. The van der Waals surface area contributed by atoms with Gasteiger partial charge in [-0.15, -0.1) is 0 Å². The molecule has 168 valence electrons. The second-order valence-electron chi connectivity index (χ2n) is 7.55. The van der Waals surface area contributed by atoms with Crippen LogP contribution in [0.15, 0.2) is 76.3 Å². The van der Waals surface area contributed by atoms with Crippen molar-refractivity contribution in [3.8, 4) is 11.3 Å². The Kier molecular flexibility index (Phi) is 6.07. The third-order valence-corrected chi connectivity index (χ3v) is 7.17. The number of carbonyl (C=O) groups excluding carboxylic acids is 1. The lowest BCUT2D eigenvalue weighted by Crippen LogP contribution is -2.49. The largest absolute Gasteiger partial charge is 0.356 e. The summed E-state index contributed by atoms with van der Waals surface area (Å²) in [6, 6.07) is 14.4. The van der Waals surface area contributed by atoms with Gasteiger partial charge in [-0.05, 0) is 17.7 Å². The fourth-order valence-corrected chi connectivity index (χ4v) is 5.20. The van der Waals surface area contributed by atoms with Gasteiger partial charge < -0.3 is 9.84 Å². The highest BCUT2D eigenvalue weighted by molar-refractivity contribution is 7.89. The van der Waals surface area contributed by atoms with Gasteiger partial charge in [0.2, 0.25) is 15.9 Å². The standard InChI is InChI=1S/C22H21F2N3O4S/c23-22(24)11-13-25-21(28)19(14-22)27(32(29,30)18-4-2-1-3-5-18)15-16-6-8-17(9-7-16)20-10-12-26-31-20/h1-10,12,19H,11,13-15H2,(H,25,28)/t19-/m1/s1. The molecule has 1 amide bonds. The van der Waals surface area contributed by atoms with E-state index in [0.29, 0.717) is 11.3 Å². The monoisotopic (exact) mass is 461 g/mol. The molecule has 1 fully saturated rings. The molecule has 32 heavy (non-hydrogen) atoms. The van der Waals surface area contributed by atoms with E-state index in [9.17, 15) is 22.0 Å². The Bertz CT molecular complexity index is 1170. The molecule has 0 saturated carbocycles. The van der Waals surface area contributed by atoms with Gasteiger partial charge in [-0.2, -0.15) is 4.31 Å². The number of carbonyl (C=O) groups is 1. The van der Waals surface area contributed by atoms with Gasteiger partial charge in [0.05, 0.1) is 11.1 Å². The lowest BCUT2D eigenvalue weighted by atomic mass is 10.1. The predicted octanol–water partition coefficient (Wildman–Crippen LogP) is 3.45. The molecule has 10 heteroatoms. The van der Waals surface area contributed by atoms with Gasteiger partial charge >= 0.3 is 0 Å². The first kappa shape index (κ1) is 22.1. The Labute approximate surface area is 184 Å². The van der Waals surface area contributed by atoms with Crippen molar-refractivity contribution < 1.29 is 26.5 Å². The number of nitrogens with one attached hydrogen (secondary N) is 1. The number of hydrogen-bond donors (Lipinski definition) is 1. The van der Waals surface area contributed by atoms with Crippen LogP contribution in [0.5, 0.6) is 0 Å². The highest BCUT2D eigenvalue weighted by atomic mass is 32.2. The van der Waals surface area contributed by atoms with Gasteiger partial charge in [-0.1, -0.05) is 47.6 Å². The van der Waals surface area contributed by atoms with Crippen LogP contribution >= 0.6 is 0 Å². The van der Waals surface area contributed by atoms with Gasteiger partial charge in [0, 0.05) is 37.6 Å². The van der Waals surface area contributed by atoms with Crippen molar-refractivity contribution in [3.63, 3.8) is 0 Å².